The first kappa shape index (κ1) is 19.7. The van der Waals surface area contributed by atoms with Crippen LogP contribution in [-0.2, 0) is 11.2 Å². The molecule has 1 heterocycles. The number of carbonyl (C=O) groups is 2. The van der Waals surface area contributed by atoms with Gasteiger partial charge < -0.3 is 15.6 Å². The highest BCUT2D eigenvalue weighted by Gasteiger charge is 2.24. The van der Waals surface area contributed by atoms with E-state index in [0.717, 1.165) is 17.5 Å². The van der Waals surface area contributed by atoms with E-state index in [2.05, 4.69) is 21.7 Å². The Labute approximate surface area is 165 Å². The Morgan fingerprint density at radius 1 is 1.04 bits per heavy atom. The molecular formula is C23H27N3O2. The van der Waals surface area contributed by atoms with Crippen molar-refractivity contribution >= 4 is 22.7 Å². The van der Waals surface area contributed by atoms with Gasteiger partial charge in [0, 0.05) is 29.2 Å². The van der Waals surface area contributed by atoms with Gasteiger partial charge in [0.15, 0.2) is 0 Å². The molecule has 1 atom stereocenters. The number of hydrogen-bond acceptors (Lipinski definition) is 2. The maximum Gasteiger partial charge on any atom is 0.251 e. The maximum atomic E-state index is 12.7. The highest BCUT2D eigenvalue weighted by atomic mass is 16.2. The van der Waals surface area contributed by atoms with Gasteiger partial charge in [-0.25, -0.2) is 0 Å². The van der Waals surface area contributed by atoms with Gasteiger partial charge in [0.05, 0.1) is 0 Å². The lowest BCUT2D eigenvalue weighted by molar-refractivity contribution is -0.123. The summed E-state index contributed by atoms with van der Waals surface area (Å²) in [6.45, 7) is 6.35. The van der Waals surface area contributed by atoms with Gasteiger partial charge in [-0.15, -0.1) is 0 Å². The number of H-pyrrole nitrogens is 1. The molecule has 2 amide bonds. The van der Waals surface area contributed by atoms with E-state index in [0.29, 0.717) is 12.1 Å². The highest BCUT2D eigenvalue weighted by Crippen LogP contribution is 2.17. The molecule has 0 bridgehead atoms. The standard InChI is InChI=1S/C23H27N3O2/c1-15(2)21(26-22(27)17-10-8-16(3)9-11-17)23(28)24-13-12-18-14-25-20-7-5-4-6-19(18)20/h4-11,14-15,21,25H,12-13H2,1-3H3,(H,24,28)(H,26,27)/t21-/m0/s1. The van der Waals surface area contributed by atoms with Crippen LogP contribution in [0, 0.1) is 12.8 Å². The molecule has 28 heavy (non-hydrogen) atoms. The van der Waals surface area contributed by atoms with Crippen LogP contribution in [0.3, 0.4) is 0 Å². The fraction of sp³-hybridized carbons (Fsp3) is 0.304. The fourth-order valence-corrected chi connectivity index (χ4v) is 3.23. The maximum absolute atomic E-state index is 12.7. The van der Waals surface area contributed by atoms with E-state index in [-0.39, 0.29) is 17.7 Å². The van der Waals surface area contributed by atoms with Crippen LogP contribution < -0.4 is 10.6 Å². The molecule has 146 valence electrons. The third-order valence-electron chi connectivity index (χ3n) is 4.92. The molecule has 0 spiro atoms. The highest BCUT2D eigenvalue weighted by molar-refractivity contribution is 5.97. The smallest absolute Gasteiger partial charge is 0.251 e. The summed E-state index contributed by atoms with van der Waals surface area (Å²) in [6.07, 6.45) is 2.71. The summed E-state index contributed by atoms with van der Waals surface area (Å²) in [5, 5.41) is 7.00. The zero-order valence-corrected chi connectivity index (χ0v) is 16.6. The van der Waals surface area contributed by atoms with E-state index in [1.807, 2.05) is 57.3 Å². The van der Waals surface area contributed by atoms with Crippen LogP contribution in [0.5, 0.6) is 0 Å². The van der Waals surface area contributed by atoms with Crippen molar-refractivity contribution in [3.8, 4) is 0 Å². The lowest BCUT2D eigenvalue weighted by atomic mass is 10.0. The van der Waals surface area contributed by atoms with Gasteiger partial charge in [-0.05, 0) is 43.0 Å². The predicted molar refractivity (Wildman–Crippen MR) is 112 cm³/mol. The van der Waals surface area contributed by atoms with Gasteiger partial charge in [0.25, 0.3) is 5.91 Å². The number of aromatic nitrogens is 1. The van der Waals surface area contributed by atoms with Crippen LogP contribution >= 0.6 is 0 Å². The molecule has 3 rings (SSSR count). The summed E-state index contributed by atoms with van der Waals surface area (Å²) in [5.74, 6) is -0.400. The Morgan fingerprint density at radius 2 is 1.75 bits per heavy atom. The first-order valence-electron chi connectivity index (χ1n) is 9.66. The molecular weight excluding hydrogens is 350 g/mol. The monoisotopic (exact) mass is 377 g/mol. The fourth-order valence-electron chi connectivity index (χ4n) is 3.23. The molecule has 5 heteroatoms. The Bertz CT molecular complexity index is 957. The molecule has 0 aliphatic carbocycles. The predicted octanol–water partition coefficient (Wildman–Crippen LogP) is 3.59. The molecule has 3 N–H and O–H groups in total. The van der Waals surface area contributed by atoms with Crippen molar-refractivity contribution in [2.75, 3.05) is 6.54 Å². The van der Waals surface area contributed by atoms with E-state index in [9.17, 15) is 9.59 Å². The SMILES string of the molecule is Cc1ccc(C(=O)N[C@H](C(=O)NCCc2c[nH]c3ccccc23)C(C)C)cc1. The second-order valence-corrected chi connectivity index (χ2v) is 7.46. The quantitative estimate of drug-likeness (QED) is 0.589. The molecule has 5 nitrogen and oxygen atoms in total. The largest absolute Gasteiger partial charge is 0.361 e. The summed E-state index contributed by atoms with van der Waals surface area (Å²) >= 11 is 0. The average molecular weight is 377 g/mol. The normalized spacial score (nSPS) is 12.1. The van der Waals surface area contributed by atoms with E-state index < -0.39 is 6.04 Å². The van der Waals surface area contributed by atoms with Crippen LogP contribution in [0.2, 0.25) is 0 Å². The van der Waals surface area contributed by atoms with Crippen LogP contribution in [0.15, 0.2) is 54.7 Å². The van der Waals surface area contributed by atoms with Crippen LogP contribution in [0.1, 0.15) is 35.3 Å². The third kappa shape index (κ3) is 4.60. The number of aromatic amines is 1. The van der Waals surface area contributed by atoms with Crippen molar-refractivity contribution in [1.82, 2.24) is 15.6 Å². The molecule has 0 fully saturated rings. The second-order valence-electron chi connectivity index (χ2n) is 7.46. The number of aryl methyl sites for hydroxylation is 1. The van der Waals surface area contributed by atoms with E-state index in [1.54, 1.807) is 12.1 Å². The van der Waals surface area contributed by atoms with E-state index in [1.165, 1.54) is 10.9 Å². The number of amides is 2. The van der Waals surface area contributed by atoms with Gasteiger partial charge in [0.2, 0.25) is 5.91 Å². The average Bonchev–Trinajstić information content (AvgIpc) is 3.09. The minimum Gasteiger partial charge on any atom is -0.361 e. The van der Waals surface area contributed by atoms with Gasteiger partial charge in [-0.1, -0.05) is 49.7 Å². The lowest BCUT2D eigenvalue weighted by Gasteiger charge is -2.21. The Balaban J connectivity index is 1.58. The van der Waals surface area contributed by atoms with Gasteiger partial charge in [-0.3, -0.25) is 9.59 Å². The summed E-state index contributed by atoms with van der Waals surface area (Å²) in [5.41, 5.74) is 3.91. The molecule has 0 unspecified atom stereocenters. The first-order valence-corrected chi connectivity index (χ1v) is 9.66. The van der Waals surface area contributed by atoms with Crippen LogP contribution in [-0.4, -0.2) is 29.4 Å². The summed E-state index contributed by atoms with van der Waals surface area (Å²) in [7, 11) is 0. The zero-order valence-electron chi connectivity index (χ0n) is 16.6. The second kappa shape index (κ2) is 8.74. The molecule has 2 aromatic carbocycles. The van der Waals surface area contributed by atoms with Crippen molar-refractivity contribution in [2.24, 2.45) is 5.92 Å². The van der Waals surface area contributed by atoms with Crippen molar-refractivity contribution < 1.29 is 9.59 Å². The number of fused-ring (bicyclic) bond motifs is 1. The molecule has 0 aliphatic rings. The van der Waals surface area contributed by atoms with Gasteiger partial charge >= 0.3 is 0 Å². The molecule has 0 saturated heterocycles. The van der Waals surface area contributed by atoms with Gasteiger partial charge in [-0.2, -0.15) is 0 Å². The Kier molecular flexibility index (Phi) is 6.14. The minimum absolute atomic E-state index is 0.0116. The zero-order chi connectivity index (χ0) is 20.1. The molecule has 0 saturated carbocycles. The summed E-state index contributed by atoms with van der Waals surface area (Å²) < 4.78 is 0. The number of carbonyl (C=O) groups excluding carboxylic acids is 2. The molecule has 1 aromatic heterocycles. The van der Waals surface area contributed by atoms with E-state index in [4.69, 9.17) is 0 Å². The number of benzene rings is 2. The number of nitrogens with one attached hydrogen (secondary N) is 3. The molecule has 0 aliphatic heterocycles. The Hall–Kier alpha value is -3.08. The van der Waals surface area contributed by atoms with Crippen LogP contribution in [0.25, 0.3) is 10.9 Å². The lowest BCUT2D eigenvalue weighted by Crippen LogP contribution is -2.50. The summed E-state index contributed by atoms with van der Waals surface area (Å²) in [4.78, 5) is 28.4. The van der Waals surface area contributed by atoms with Crippen LogP contribution in [0.4, 0.5) is 0 Å². The molecule has 3 aromatic rings. The number of para-hydroxylation sites is 1. The van der Waals surface area contributed by atoms with Crippen molar-refractivity contribution in [3.05, 3.63) is 71.4 Å². The molecule has 0 radical (unpaired) electrons. The van der Waals surface area contributed by atoms with Crippen molar-refractivity contribution in [2.45, 2.75) is 33.2 Å². The third-order valence-corrected chi connectivity index (χ3v) is 4.92. The Morgan fingerprint density at radius 3 is 2.46 bits per heavy atom. The first-order chi connectivity index (χ1) is 13.5. The van der Waals surface area contributed by atoms with Crippen molar-refractivity contribution in [3.63, 3.8) is 0 Å². The minimum atomic E-state index is -0.572. The summed E-state index contributed by atoms with van der Waals surface area (Å²) in [6, 6.07) is 14.9. The number of rotatable bonds is 7. The van der Waals surface area contributed by atoms with E-state index >= 15 is 0 Å². The topological polar surface area (TPSA) is 74.0 Å². The number of hydrogen-bond donors (Lipinski definition) is 3. The van der Waals surface area contributed by atoms with Crippen molar-refractivity contribution in [1.29, 1.82) is 0 Å². The van der Waals surface area contributed by atoms with Gasteiger partial charge in [0.1, 0.15) is 6.04 Å².